The van der Waals surface area contributed by atoms with Crippen LogP contribution in [0.15, 0.2) is 0 Å². The smallest absolute Gasteiger partial charge is 0.00232 e. The van der Waals surface area contributed by atoms with Crippen LogP contribution in [-0.4, -0.2) is 4.90 Å². The van der Waals surface area contributed by atoms with Crippen molar-refractivity contribution in [1.29, 1.82) is 0 Å². The van der Waals surface area contributed by atoms with Gasteiger partial charge in [0.25, 0.3) is 0 Å². The normalized spacial score (nSPS) is 15.2. The van der Waals surface area contributed by atoms with E-state index in [1.165, 1.54) is 25.7 Å². The highest BCUT2D eigenvalue weighted by Gasteiger charge is 2.30. The van der Waals surface area contributed by atoms with Gasteiger partial charge >= 0.3 is 0 Å². The van der Waals surface area contributed by atoms with Gasteiger partial charge in [0.15, 0.2) is 0 Å². The molecule has 0 rings (SSSR count). The molecule has 0 aliphatic rings. The molecule has 0 radical (unpaired) electrons. The van der Waals surface area contributed by atoms with Crippen LogP contribution in [0.2, 0.25) is 0 Å². The van der Waals surface area contributed by atoms with E-state index in [0.717, 1.165) is 17.8 Å². The van der Waals surface area contributed by atoms with Crippen molar-refractivity contribution < 1.29 is 0 Å². The summed E-state index contributed by atoms with van der Waals surface area (Å²) in [4.78, 5) is 0.335. The van der Waals surface area contributed by atoms with Gasteiger partial charge in [0, 0.05) is 4.90 Å². The first-order valence-corrected chi connectivity index (χ1v) is 8.54. The Bertz CT molecular complexity index is 164. The Morgan fingerprint density at radius 3 is 1.82 bits per heavy atom. The van der Waals surface area contributed by atoms with Crippen LogP contribution in [0.4, 0.5) is 0 Å². The highest BCUT2D eigenvalue weighted by molar-refractivity contribution is 7.39. The predicted molar refractivity (Wildman–Crippen MR) is 90.8 cm³/mol. The van der Waals surface area contributed by atoms with Gasteiger partial charge in [-0.2, -0.15) is 0 Å². The summed E-state index contributed by atoms with van der Waals surface area (Å²) in [7, 11) is 6.14. The Labute approximate surface area is 116 Å². The molecular formula is C15H36P2. The molecule has 4 atom stereocenters. The van der Waals surface area contributed by atoms with Gasteiger partial charge in [-0.1, -0.05) is 67.7 Å². The standard InChI is InChI=1S/C13H30P2.C2H6/c1-6-7-8-11(4)12(5)13(14,15)9-10(2)3;1-2/h10-12H,6-9,14-15H2,1-5H3;1-2H3. The molecule has 0 saturated carbocycles. The van der Waals surface area contributed by atoms with Crippen molar-refractivity contribution in [2.24, 2.45) is 17.8 Å². The second-order valence-corrected chi connectivity index (χ2v) is 8.44. The van der Waals surface area contributed by atoms with E-state index in [4.69, 9.17) is 0 Å². The first kappa shape index (κ1) is 20.2. The zero-order valence-corrected chi connectivity index (χ0v) is 15.5. The molecule has 17 heavy (non-hydrogen) atoms. The predicted octanol–water partition coefficient (Wildman–Crippen LogP) is 5.97. The van der Waals surface area contributed by atoms with E-state index >= 15 is 0 Å². The van der Waals surface area contributed by atoms with Gasteiger partial charge in [-0.15, -0.1) is 18.5 Å². The van der Waals surface area contributed by atoms with Crippen LogP contribution in [-0.2, 0) is 0 Å². The lowest BCUT2D eigenvalue weighted by Crippen LogP contribution is -2.29. The number of unbranched alkanes of at least 4 members (excludes halogenated alkanes) is 1. The SMILES string of the molecule is CC.CCCCC(C)C(C)C(P)(P)CC(C)C. The molecular weight excluding hydrogens is 242 g/mol. The zero-order chi connectivity index (χ0) is 14.1. The lowest BCUT2D eigenvalue weighted by Gasteiger charge is -2.37. The lowest BCUT2D eigenvalue weighted by atomic mass is 9.85. The minimum atomic E-state index is 0.335. The maximum atomic E-state index is 3.07. The van der Waals surface area contributed by atoms with Crippen molar-refractivity contribution in [1.82, 2.24) is 0 Å². The van der Waals surface area contributed by atoms with E-state index in [0.29, 0.717) is 4.90 Å². The Hall–Kier alpha value is 0.860. The second-order valence-electron chi connectivity index (χ2n) is 5.62. The summed E-state index contributed by atoms with van der Waals surface area (Å²) >= 11 is 0. The van der Waals surface area contributed by atoms with E-state index < -0.39 is 0 Å². The Morgan fingerprint density at radius 2 is 1.47 bits per heavy atom. The minimum Gasteiger partial charge on any atom is -0.127 e. The van der Waals surface area contributed by atoms with Crippen LogP contribution < -0.4 is 0 Å². The van der Waals surface area contributed by atoms with Crippen LogP contribution in [0.1, 0.15) is 74.1 Å². The Balaban J connectivity index is 0. The monoisotopic (exact) mass is 278 g/mol. The summed E-state index contributed by atoms with van der Waals surface area (Å²) in [5.74, 6) is 2.38. The van der Waals surface area contributed by atoms with Gasteiger partial charge in [-0.3, -0.25) is 0 Å². The number of hydrogen-bond acceptors (Lipinski definition) is 0. The molecule has 0 N–H and O–H groups in total. The third-order valence-electron chi connectivity index (χ3n) is 3.48. The molecule has 0 nitrogen and oxygen atoms in total. The number of hydrogen-bond donors (Lipinski definition) is 0. The summed E-state index contributed by atoms with van der Waals surface area (Å²) in [5.41, 5.74) is 0. The molecule has 106 valence electrons. The average molecular weight is 278 g/mol. The topological polar surface area (TPSA) is 0 Å². The molecule has 0 heterocycles. The van der Waals surface area contributed by atoms with Gasteiger partial charge in [0.1, 0.15) is 0 Å². The quantitative estimate of drug-likeness (QED) is 0.503. The maximum absolute atomic E-state index is 3.07. The molecule has 0 amide bonds. The van der Waals surface area contributed by atoms with Gasteiger partial charge in [-0.25, -0.2) is 0 Å². The highest BCUT2D eigenvalue weighted by atomic mass is 31.1. The summed E-state index contributed by atoms with van der Waals surface area (Å²) in [6.45, 7) is 15.7. The van der Waals surface area contributed by atoms with Gasteiger partial charge < -0.3 is 0 Å². The van der Waals surface area contributed by atoms with Crippen LogP contribution in [0.25, 0.3) is 0 Å². The highest BCUT2D eigenvalue weighted by Crippen LogP contribution is 2.45. The number of rotatable bonds is 7. The van der Waals surface area contributed by atoms with Crippen LogP contribution in [0, 0.1) is 17.8 Å². The van der Waals surface area contributed by atoms with E-state index in [1.54, 1.807) is 0 Å². The molecule has 4 unspecified atom stereocenters. The van der Waals surface area contributed by atoms with E-state index in [2.05, 4.69) is 53.1 Å². The fraction of sp³-hybridized carbons (Fsp3) is 1.00. The van der Waals surface area contributed by atoms with Crippen molar-refractivity contribution in [3.63, 3.8) is 0 Å². The van der Waals surface area contributed by atoms with Crippen LogP contribution in [0.3, 0.4) is 0 Å². The molecule has 2 heteroatoms. The van der Waals surface area contributed by atoms with Gasteiger partial charge in [0.05, 0.1) is 0 Å². The van der Waals surface area contributed by atoms with Crippen molar-refractivity contribution in [3.05, 3.63) is 0 Å². The van der Waals surface area contributed by atoms with E-state index in [-0.39, 0.29) is 0 Å². The largest absolute Gasteiger partial charge is 0.127 e. The molecule has 0 aromatic carbocycles. The molecule has 0 aromatic rings. The molecule has 0 bridgehead atoms. The molecule has 0 aliphatic heterocycles. The molecule has 0 aromatic heterocycles. The zero-order valence-electron chi connectivity index (χ0n) is 13.2. The summed E-state index contributed by atoms with van der Waals surface area (Å²) in [6.07, 6.45) is 5.35. The molecule has 0 spiro atoms. The van der Waals surface area contributed by atoms with Crippen LogP contribution in [0.5, 0.6) is 0 Å². The summed E-state index contributed by atoms with van der Waals surface area (Å²) in [5, 5.41) is 0. The van der Waals surface area contributed by atoms with Crippen molar-refractivity contribution in [2.75, 3.05) is 0 Å². The van der Waals surface area contributed by atoms with Crippen LogP contribution >= 0.6 is 18.5 Å². The Morgan fingerprint density at radius 1 is 1.00 bits per heavy atom. The summed E-state index contributed by atoms with van der Waals surface area (Å²) < 4.78 is 0. The third kappa shape index (κ3) is 9.44. The minimum absolute atomic E-state index is 0.335. The fourth-order valence-electron chi connectivity index (χ4n) is 2.20. The van der Waals surface area contributed by atoms with E-state index in [9.17, 15) is 0 Å². The van der Waals surface area contributed by atoms with Crippen molar-refractivity contribution in [3.8, 4) is 0 Å². The average Bonchev–Trinajstić information content (AvgIpc) is 2.25. The van der Waals surface area contributed by atoms with Gasteiger partial charge in [-0.05, 0) is 24.2 Å². The molecule has 0 saturated heterocycles. The third-order valence-corrected chi connectivity index (χ3v) is 5.00. The van der Waals surface area contributed by atoms with Gasteiger partial charge in [0.2, 0.25) is 0 Å². The van der Waals surface area contributed by atoms with Crippen molar-refractivity contribution >= 4 is 18.5 Å². The first-order valence-electron chi connectivity index (χ1n) is 7.39. The first-order chi connectivity index (χ1) is 7.81. The lowest BCUT2D eigenvalue weighted by molar-refractivity contribution is 0.305. The van der Waals surface area contributed by atoms with Crippen molar-refractivity contribution in [2.45, 2.75) is 79.0 Å². The Kier molecular flexibility index (Phi) is 12.8. The molecule has 0 fully saturated rings. The maximum Gasteiger partial charge on any atom is 0.00232 e. The summed E-state index contributed by atoms with van der Waals surface area (Å²) in [6, 6.07) is 0. The fourth-order valence-corrected chi connectivity index (χ4v) is 3.80. The molecule has 0 aliphatic carbocycles. The second kappa shape index (κ2) is 10.8. The van der Waals surface area contributed by atoms with E-state index in [1.807, 2.05) is 13.8 Å².